The average molecular weight is 319 g/mol. The van der Waals surface area contributed by atoms with Crippen molar-refractivity contribution >= 4 is 33.3 Å². The Balaban J connectivity index is 2.25. The van der Waals surface area contributed by atoms with Crippen LogP contribution in [0.1, 0.15) is 36.9 Å². The Labute approximate surface area is 134 Å². The lowest BCUT2D eigenvalue weighted by Crippen LogP contribution is -2.53. The number of thiophene rings is 1. The largest absolute Gasteiger partial charge is 0.467 e. The maximum absolute atomic E-state index is 12.5. The van der Waals surface area contributed by atoms with Gasteiger partial charge in [-0.2, -0.15) is 0 Å². The molecule has 0 saturated heterocycles. The van der Waals surface area contributed by atoms with Gasteiger partial charge in [-0.05, 0) is 36.8 Å². The van der Waals surface area contributed by atoms with E-state index in [2.05, 4.69) is 5.32 Å². The van der Waals surface area contributed by atoms with E-state index in [4.69, 9.17) is 4.74 Å². The molecule has 0 spiro atoms. The summed E-state index contributed by atoms with van der Waals surface area (Å²) in [7, 11) is 1.34. The maximum Gasteiger partial charge on any atom is 0.331 e. The molecule has 118 valence electrons. The summed E-state index contributed by atoms with van der Waals surface area (Å²) in [6.45, 7) is 5.73. The Morgan fingerprint density at radius 2 is 2.00 bits per heavy atom. The van der Waals surface area contributed by atoms with Crippen LogP contribution in [0.5, 0.6) is 0 Å². The van der Waals surface area contributed by atoms with Gasteiger partial charge in [0, 0.05) is 4.70 Å². The fourth-order valence-electron chi connectivity index (χ4n) is 2.63. The third-order valence-corrected chi connectivity index (χ3v) is 4.61. The first-order chi connectivity index (χ1) is 10.4. The van der Waals surface area contributed by atoms with Gasteiger partial charge in [-0.1, -0.05) is 32.0 Å². The van der Waals surface area contributed by atoms with Gasteiger partial charge in [0.05, 0.1) is 12.0 Å². The number of benzene rings is 1. The lowest BCUT2D eigenvalue weighted by molar-refractivity contribution is -0.148. The van der Waals surface area contributed by atoms with Crippen molar-refractivity contribution in [1.29, 1.82) is 0 Å². The zero-order valence-electron chi connectivity index (χ0n) is 13.3. The molecule has 0 aliphatic rings. The van der Waals surface area contributed by atoms with Crippen LogP contribution in [0, 0.1) is 5.92 Å². The summed E-state index contributed by atoms with van der Waals surface area (Å²) in [4.78, 5) is 25.2. The SMILES string of the molecule is COC(=O)[C@@](C)(CC(C)C)NC(=O)c1cc2ccccc2s1. The van der Waals surface area contributed by atoms with E-state index in [1.54, 1.807) is 6.92 Å². The molecule has 0 unspecified atom stereocenters. The fourth-order valence-corrected chi connectivity index (χ4v) is 3.59. The molecule has 1 aromatic carbocycles. The van der Waals surface area contributed by atoms with Crippen molar-refractivity contribution in [2.45, 2.75) is 32.7 Å². The number of nitrogens with one attached hydrogen (secondary N) is 1. The van der Waals surface area contributed by atoms with E-state index in [1.807, 2.05) is 44.2 Å². The Morgan fingerprint density at radius 3 is 2.59 bits per heavy atom. The van der Waals surface area contributed by atoms with Crippen LogP contribution in [0.2, 0.25) is 0 Å². The van der Waals surface area contributed by atoms with Crippen LogP contribution in [0.25, 0.3) is 10.1 Å². The summed E-state index contributed by atoms with van der Waals surface area (Å²) in [6, 6.07) is 9.68. The minimum absolute atomic E-state index is 0.241. The topological polar surface area (TPSA) is 55.4 Å². The van der Waals surface area contributed by atoms with Crippen molar-refractivity contribution in [2.75, 3.05) is 7.11 Å². The van der Waals surface area contributed by atoms with E-state index in [0.717, 1.165) is 10.1 Å². The van der Waals surface area contributed by atoms with Crippen molar-refractivity contribution in [2.24, 2.45) is 5.92 Å². The number of amides is 1. The van der Waals surface area contributed by atoms with Crippen molar-refractivity contribution in [3.8, 4) is 0 Å². The number of carbonyl (C=O) groups excluding carboxylic acids is 2. The van der Waals surface area contributed by atoms with E-state index in [0.29, 0.717) is 11.3 Å². The predicted octanol–water partition coefficient (Wildman–Crippen LogP) is 3.61. The molecule has 2 rings (SSSR count). The van der Waals surface area contributed by atoms with Crippen molar-refractivity contribution < 1.29 is 14.3 Å². The molecule has 1 heterocycles. The highest BCUT2D eigenvalue weighted by molar-refractivity contribution is 7.20. The minimum atomic E-state index is -1.02. The fraction of sp³-hybridized carbons (Fsp3) is 0.412. The van der Waals surface area contributed by atoms with Crippen LogP contribution in [0.3, 0.4) is 0 Å². The predicted molar refractivity (Wildman–Crippen MR) is 89.2 cm³/mol. The van der Waals surface area contributed by atoms with Gasteiger partial charge in [0.2, 0.25) is 0 Å². The minimum Gasteiger partial charge on any atom is -0.467 e. The zero-order valence-corrected chi connectivity index (χ0v) is 14.1. The number of fused-ring (bicyclic) bond motifs is 1. The summed E-state index contributed by atoms with van der Waals surface area (Å²) < 4.78 is 5.91. The molecule has 1 N–H and O–H groups in total. The van der Waals surface area contributed by atoms with Gasteiger partial charge >= 0.3 is 5.97 Å². The Bertz CT molecular complexity index is 659. The summed E-state index contributed by atoms with van der Waals surface area (Å²) in [5.41, 5.74) is -1.02. The number of hydrogen-bond donors (Lipinski definition) is 1. The van der Waals surface area contributed by atoms with Crippen molar-refractivity contribution in [3.63, 3.8) is 0 Å². The zero-order chi connectivity index (χ0) is 16.3. The molecule has 0 saturated carbocycles. The van der Waals surface area contributed by atoms with Crippen molar-refractivity contribution in [1.82, 2.24) is 5.32 Å². The van der Waals surface area contributed by atoms with E-state index in [-0.39, 0.29) is 11.8 Å². The Hall–Kier alpha value is -1.88. The number of carbonyl (C=O) groups is 2. The highest BCUT2D eigenvalue weighted by atomic mass is 32.1. The molecule has 0 radical (unpaired) electrons. The molecule has 1 amide bonds. The van der Waals surface area contributed by atoms with Gasteiger partial charge in [-0.3, -0.25) is 4.79 Å². The third-order valence-electron chi connectivity index (χ3n) is 3.49. The van der Waals surface area contributed by atoms with E-state index in [1.165, 1.54) is 18.4 Å². The standard InChI is InChI=1S/C17H21NO3S/c1-11(2)10-17(3,16(20)21-4)18-15(19)14-9-12-7-5-6-8-13(12)22-14/h5-9,11H,10H2,1-4H3,(H,18,19)/t17-/m1/s1. The van der Waals surface area contributed by atoms with Crippen LogP contribution < -0.4 is 5.32 Å². The monoisotopic (exact) mass is 319 g/mol. The van der Waals surface area contributed by atoms with Crippen LogP contribution in [0.15, 0.2) is 30.3 Å². The summed E-state index contributed by atoms with van der Waals surface area (Å²) in [6.07, 6.45) is 0.524. The van der Waals surface area contributed by atoms with Crippen LogP contribution in [-0.2, 0) is 9.53 Å². The normalized spacial score (nSPS) is 13.9. The highest BCUT2D eigenvalue weighted by Crippen LogP contribution is 2.26. The molecule has 4 nitrogen and oxygen atoms in total. The van der Waals surface area contributed by atoms with Crippen LogP contribution in [-0.4, -0.2) is 24.5 Å². The van der Waals surface area contributed by atoms with E-state index in [9.17, 15) is 9.59 Å². The molecule has 1 atom stereocenters. The first-order valence-electron chi connectivity index (χ1n) is 7.25. The number of esters is 1. The molecule has 0 fully saturated rings. The molecule has 0 bridgehead atoms. The summed E-state index contributed by atoms with van der Waals surface area (Å²) in [5, 5.41) is 3.88. The Morgan fingerprint density at radius 1 is 1.32 bits per heavy atom. The van der Waals surface area contributed by atoms with Gasteiger partial charge in [0.1, 0.15) is 5.54 Å². The van der Waals surface area contributed by atoms with Crippen LogP contribution >= 0.6 is 11.3 Å². The molecule has 1 aromatic heterocycles. The molecule has 22 heavy (non-hydrogen) atoms. The second-order valence-corrected chi connectivity index (χ2v) is 7.11. The number of methoxy groups -OCH3 is 1. The van der Waals surface area contributed by atoms with E-state index >= 15 is 0 Å². The third kappa shape index (κ3) is 3.47. The highest BCUT2D eigenvalue weighted by Gasteiger charge is 2.37. The number of hydrogen-bond acceptors (Lipinski definition) is 4. The molecule has 0 aliphatic heterocycles. The van der Waals surface area contributed by atoms with Gasteiger partial charge < -0.3 is 10.1 Å². The Kier molecular flexibility index (Phi) is 4.86. The molecule has 5 heteroatoms. The summed E-state index contributed by atoms with van der Waals surface area (Å²) >= 11 is 1.42. The number of rotatable bonds is 5. The first kappa shape index (κ1) is 16.5. The summed E-state index contributed by atoms with van der Waals surface area (Å²) in [5.74, 6) is -0.405. The van der Waals surface area contributed by atoms with Gasteiger partial charge in [-0.15, -0.1) is 11.3 Å². The second kappa shape index (κ2) is 6.48. The molecular weight excluding hydrogens is 298 g/mol. The smallest absolute Gasteiger partial charge is 0.331 e. The molecule has 2 aromatic rings. The van der Waals surface area contributed by atoms with Gasteiger partial charge in [0.25, 0.3) is 5.91 Å². The van der Waals surface area contributed by atoms with Crippen LogP contribution in [0.4, 0.5) is 0 Å². The lowest BCUT2D eigenvalue weighted by atomic mass is 9.90. The van der Waals surface area contributed by atoms with Gasteiger partial charge in [-0.25, -0.2) is 4.79 Å². The maximum atomic E-state index is 12.5. The molecule has 0 aliphatic carbocycles. The lowest BCUT2D eigenvalue weighted by Gasteiger charge is -2.29. The second-order valence-electron chi connectivity index (χ2n) is 6.02. The average Bonchev–Trinajstić information content (AvgIpc) is 2.89. The first-order valence-corrected chi connectivity index (χ1v) is 8.07. The van der Waals surface area contributed by atoms with Crippen molar-refractivity contribution in [3.05, 3.63) is 35.2 Å². The van der Waals surface area contributed by atoms with E-state index < -0.39 is 11.5 Å². The number of ether oxygens (including phenoxy) is 1. The van der Waals surface area contributed by atoms with Gasteiger partial charge in [0.15, 0.2) is 0 Å². The quantitative estimate of drug-likeness (QED) is 0.857. The molecular formula is C17H21NO3S.